The van der Waals surface area contributed by atoms with Crippen molar-refractivity contribution >= 4 is 11.6 Å². The van der Waals surface area contributed by atoms with E-state index in [1.807, 2.05) is 24.3 Å². The molecule has 2 fully saturated rings. The molecule has 1 N–H and O–H groups in total. The Bertz CT molecular complexity index is 626. The van der Waals surface area contributed by atoms with E-state index in [4.69, 9.17) is 9.47 Å². The fourth-order valence-corrected chi connectivity index (χ4v) is 4.52. The van der Waals surface area contributed by atoms with E-state index in [2.05, 4.69) is 24.1 Å². The van der Waals surface area contributed by atoms with Gasteiger partial charge in [0.05, 0.1) is 0 Å². The minimum absolute atomic E-state index is 0.00135. The zero-order chi connectivity index (χ0) is 20.5. The molecule has 1 atom stereocenters. The summed E-state index contributed by atoms with van der Waals surface area (Å²) in [6.07, 6.45) is 8.49. The Morgan fingerprint density at radius 2 is 1.90 bits per heavy atom. The summed E-state index contributed by atoms with van der Waals surface area (Å²) >= 11 is 0. The third kappa shape index (κ3) is 6.45. The number of nitrogens with one attached hydrogen (secondary N) is 1. The molecule has 0 unspecified atom stereocenters. The van der Waals surface area contributed by atoms with Gasteiger partial charge in [0.2, 0.25) is 0 Å². The lowest BCUT2D eigenvalue weighted by atomic mass is 9.83. The first-order chi connectivity index (χ1) is 14.1. The Labute approximate surface area is 176 Å². The van der Waals surface area contributed by atoms with Gasteiger partial charge in [-0.25, -0.2) is 0 Å². The molecule has 0 bridgehead atoms. The molecule has 0 spiro atoms. The van der Waals surface area contributed by atoms with Crippen LogP contribution in [0.25, 0.3) is 0 Å². The van der Waals surface area contributed by atoms with E-state index in [0.717, 1.165) is 56.0 Å². The van der Waals surface area contributed by atoms with Gasteiger partial charge < -0.3 is 14.8 Å². The van der Waals surface area contributed by atoms with Crippen molar-refractivity contribution in [3.63, 3.8) is 0 Å². The number of carbonyl (C=O) groups is 1. The lowest BCUT2D eigenvalue weighted by molar-refractivity contribution is -0.146. The van der Waals surface area contributed by atoms with Crippen LogP contribution in [0.15, 0.2) is 24.3 Å². The van der Waals surface area contributed by atoms with Gasteiger partial charge in [-0.15, -0.1) is 0 Å². The molecule has 1 saturated heterocycles. The first-order valence-corrected chi connectivity index (χ1v) is 11.5. The van der Waals surface area contributed by atoms with Crippen LogP contribution in [0.2, 0.25) is 0 Å². The Morgan fingerprint density at radius 3 is 2.59 bits per heavy atom. The molecule has 5 nitrogen and oxygen atoms in total. The van der Waals surface area contributed by atoms with Gasteiger partial charge in [0.1, 0.15) is 18.0 Å². The van der Waals surface area contributed by atoms with E-state index >= 15 is 0 Å². The quantitative estimate of drug-likeness (QED) is 0.640. The van der Waals surface area contributed by atoms with E-state index in [0.29, 0.717) is 13.2 Å². The average Bonchev–Trinajstić information content (AvgIpc) is 2.74. The number of amides is 1. The third-order valence-electron chi connectivity index (χ3n) is 6.19. The summed E-state index contributed by atoms with van der Waals surface area (Å²) in [5.41, 5.74) is 0.145. The molecule has 0 radical (unpaired) electrons. The number of piperidine rings is 1. The molecule has 3 rings (SSSR count). The second-order valence-electron chi connectivity index (χ2n) is 8.78. The number of rotatable bonds is 9. The Kier molecular flexibility index (Phi) is 8.37. The van der Waals surface area contributed by atoms with Crippen LogP contribution in [0, 0.1) is 5.92 Å². The second kappa shape index (κ2) is 11.0. The molecule has 0 aromatic heterocycles. The molecule has 1 aromatic carbocycles. The second-order valence-corrected chi connectivity index (χ2v) is 8.78. The van der Waals surface area contributed by atoms with Crippen molar-refractivity contribution in [2.75, 3.05) is 38.2 Å². The number of benzene rings is 1. The van der Waals surface area contributed by atoms with E-state index < -0.39 is 5.60 Å². The number of ether oxygens (including phenoxy) is 2. The number of carbonyl (C=O) groups excluding carboxylic acids is 1. The predicted molar refractivity (Wildman–Crippen MR) is 117 cm³/mol. The first kappa shape index (κ1) is 22.1. The molecule has 1 aliphatic heterocycles. The van der Waals surface area contributed by atoms with Gasteiger partial charge in [-0.1, -0.05) is 33.1 Å². The fourth-order valence-electron chi connectivity index (χ4n) is 4.52. The number of nitrogens with zero attached hydrogens (tertiary/aromatic N) is 1. The number of anilines is 1. The number of hydrogen-bond donors (Lipinski definition) is 1. The maximum atomic E-state index is 13.0. The van der Waals surface area contributed by atoms with Crippen molar-refractivity contribution in [3.8, 4) is 5.75 Å². The summed E-state index contributed by atoms with van der Waals surface area (Å²) < 4.78 is 12.0. The zero-order valence-electron chi connectivity index (χ0n) is 18.3. The smallest absolute Gasteiger partial charge is 0.256 e. The summed E-state index contributed by atoms with van der Waals surface area (Å²) in [5, 5.41) is 3.07. The van der Waals surface area contributed by atoms with Gasteiger partial charge in [0.15, 0.2) is 0 Å². The van der Waals surface area contributed by atoms with Crippen LogP contribution < -0.4 is 10.1 Å². The van der Waals surface area contributed by atoms with E-state index in [1.54, 1.807) is 0 Å². The monoisotopic (exact) mass is 402 g/mol. The Morgan fingerprint density at radius 1 is 1.14 bits per heavy atom. The van der Waals surface area contributed by atoms with Gasteiger partial charge in [-0.3, -0.25) is 9.69 Å². The summed E-state index contributed by atoms with van der Waals surface area (Å²) in [6.45, 7) is 9.07. The molecular formula is C24H38N2O3. The minimum Gasteiger partial charge on any atom is -0.492 e. The number of hydrogen-bond acceptors (Lipinski definition) is 4. The minimum atomic E-state index is -0.658. The molecule has 1 saturated carbocycles. The van der Waals surface area contributed by atoms with Gasteiger partial charge in [-0.2, -0.15) is 0 Å². The summed E-state index contributed by atoms with van der Waals surface area (Å²) in [6, 6.07) is 7.73. The van der Waals surface area contributed by atoms with Crippen molar-refractivity contribution in [1.82, 2.24) is 4.90 Å². The maximum absolute atomic E-state index is 13.0. The highest BCUT2D eigenvalue weighted by Gasteiger charge is 2.40. The lowest BCUT2D eigenvalue weighted by Gasteiger charge is -2.35. The van der Waals surface area contributed by atoms with Crippen LogP contribution in [0.4, 0.5) is 5.69 Å². The van der Waals surface area contributed by atoms with Crippen LogP contribution in [0.3, 0.4) is 0 Å². The normalized spacial score (nSPS) is 22.2. The Hall–Kier alpha value is -1.59. The topological polar surface area (TPSA) is 50.8 Å². The molecule has 1 amide bonds. The highest BCUT2D eigenvalue weighted by atomic mass is 16.5. The molecule has 5 heteroatoms. The maximum Gasteiger partial charge on any atom is 0.256 e. The summed E-state index contributed by atoms with van der Waals surface area (Å²) in [5.74, 6) is 1.64. The van der Waals surface area contributed by atoms with Crippen LogP contribution in [-0.2, 0) is 9.53 Å². The van der Waals surface area contributed by atoms with Crippen molar-refractivity contribution in [1.29, 1.82) is 0 Å². The SMILES string of the molecule is CCCOC1(C(=O)Nc2ccc(OCCN3CCC[C@@H](C)C3)cc2)CCCCC1. The molecular weight excluding hydrogens is 364 g/mol. The van der Waals surface area contributed by atoms with Crippen molar-refractivity contribution in [3.05, 3.63) is 24.3 Å². The summed E-state index contributed by atoms with van der Waals surface area (Å²) in [7, 11) is 0. The number of likely N-dealkylation sites (tertiary alicyclic amines) is 1. The summed E-state index contributed by atoms with van der Waals surface area (Å²) in [4.78, 5) is 15.5. The van der Waals surface area contributed by atoms with Gasteiger partial charge >= 0.3 is 0 Å². The van der Waals surface area contributed by atoms with Crippen molar-refractivity contribution in [2.45, 2.75) is 70.8 Å². The highest BCUT2D eigenvalue weighted by Crippen LogP contribution is 2.33. The van der Waals surface area contributed by atoms with E-state index in [9.17, 15) is 4.79 Å². The van der Waals surface area contributed by atoms with Gasteiger partial charge in [-0.05, 0) is 68.8 Å². The van der Waals surface area contributed by atoms with E-state index in [-0.39, 0.29) is 5.91 Å². The average molecular weight is 403 g/mol. The van der Waals surface area contributed by atoms with E-state index in [1.165, 1.54) is 32.4 Å². The molecule has 2 aliphatic rings. The van der Waals surface area contributed by atoms with Crippen molar-refractivity contribution in [2.24, 2.45) is 5.92 Å². The Balaban J connectivity index is 1.48. The molecule has 162 valence electrons. The molecule has 1 aliphatic carbocycles. The molecule has 1 aromatic rings. The standard InChI is InChI=1S/C24H38N2O3/c1-3-17-29-24(13-5-4-6-14-24)23(27)25-21-9-11-22(12-10-21)28-18-16-26-15-7-8-20(2)19-26/h9-12,20H,3-8,13-19H2,1-2H3,(H,25,27)/t20-/m1/s1. The van der Waals surface area contributed by atoms with Crippen LogP contribution in [-0.4, -0.2) is 49.3 Å². The van der Waals surface area contributed by atoms with Crippen LogP contribution in [0.5, 0.6) is 5.75 Å². The third-order valence-corrected chi connectivity index (χ3v) is 6.19. The predicted octanol–water partition coefficient (Wildman–Crippen LogP) is 4.87. The van der Waals surface area contributed by atoms with Gasteiger partial charge in [0.25, 0.3) is 5.91 Å². The van der Waals surface area contributed by atoms with Crippen LogP contribution in [0.1, 0.15) is 65.2 Å². The van der Waals surface area contributed by atoms with Crippen LogP contribution >= 0.6 is 0 Å². The lowest BCUT2D eigenvalue weighted by Crippen LogP contribution is -2.47. The highest BCUT2D eigenvalue weighted by molar-refractivity contribution is 5.97. The first-order valence-electron chi connectivity index (χ1n) is 11.5. The fraction of sp³-hybridized carbons (Fsp3) is 0.708. The molecule has 29 heavy (non-hydrogen) atoms. The molecule has 1 heterocycles. The zero-order valence-corrected chi connectivity index (χ0v) is 18.3. The van der Waals surface area contributed by atoms with Crippen molar-refractivity contribution < 1.29 is 14.3 Å². The largest absolute Gasteiger partial charge is 0.492 e. The van der Waals surface area contributed by atoms with Gasteiger partial charge in [0, 0.05) is 25.4 Å².